The molecule has 6 heteroatoms. The first kappa shape index (κ1) is 19.3. The highest BCUT2D eigenvalue weighted by molar-refractivity contribution is 9.10. The van der Waals surface area contributed by atoms with E-state index >= 15 is 0 Å². The fraction of sp³-hybridized carbons (Fsp3) is 0.600. The third kappa shape index (κ3) is 3.66. The molecule has 1 aliphatic heterocycles. The number of halogens is 2. The SMILES string of the molecule is CC(C)C1N(CC(=O)c2ccc(Br)cc2)C(=O)OC12CCC(C)(F)CC2. The van der Waals surface area contributed by atoms with Gasteiger partial charge in [-0.2, -0.15) is 0 Å². The van der Waals surface area contributed by atoms with Crippen LogP contribution < -0.4 is 0 Å². The summed E-state index contributed by atoms with van der Waals surface area (Å²) < 4.78 is 21.0. The molecule has 0 aromatic heterocycles. The van der Waals surface area contributed by atoms with Crippen molar-refractivity contribution in [2.24, 2.45) is 5.92 Å². The van der Waals surface area contributed by atoms with Gasteiger partial charge >= 0.3 is 6.09 Å². The fourth-order valence-corrected chi connectivity index (χ4v) is 4.56. The molecule has 1 spiro atoms. The summed E-state index contributed by atoms with van der Waals surface area (Å²) in [5, 5.41) is 0. The Balaban J connectivity index is 1.81. The summed E-state index contributed by atoms with van der Waals surface area (Å²) in [5.41, 5.74) is -1.33. The van der Waals surface area contributed by atoms with Gasteiger partial charge in [-0.15, -0.1) is 0 Å². The molecule has 0 radical (unpaired) electrons. The lowest BCUT2D eigenvalue weighted by Crippen LogP contribution is -2.53. The maximum Gasteiger partial charge on any atom is 0.411 e. The van der Waals surface area contributed by atoms with Crippen LogP contribution in [0.3, 0.4) is 0 Å². The quantitative estimate of drug-likeness (QED) is 0.626. The maximum atomic E-state index is 14.3. The zero-order valence-corrected chi connectivity index (χ0v) is 17.0. The number of hydrogen-bond donors (Lipinski definition) is 0. The van der Waals surface area contributed by atoms with Crippen LogP contribution in [-0.2, 0) is 4.74 Å². The summed E-state index contributed by atoms with van der Waals surface area (Å²) in [6, 6.07) is 6.87. The molecule has 0 bridgehead atoms. The second-order valence-corrected chi connectivity index (χ2v) is 9.01. The Bertz CT molecular complexity index is 692. The minimum Gasteiger partial charge on any atom is -0.441 e. The van der Waals surface area contributed by atoms with Crippen molar-refractivity contribution in [1.29, 1.82) is 0 Å². The van der Waals surface area contributed by atoms with E-state index in [2.05, 4.69) is 15.9 Å². The van der Waals surface area contributed by atoms with Crippen molar-refractivity contribution < 1.29 is 18.7 Å². The van der Waals surface area contributed by atoms with Crippen LogP contribution in [0.15, 0.2) is 28.7 Å². The first-order valence-electron chi connectivity index (χ1n) is 9.11. The van der Waals surface area contributed by atoms with Gasteiger partial charge in [-0.05, 0) is 50.7 Å². The van der Waals surface area contributed by atoms with Crippen LogP contribution in [0.2, 0.25) is 0 Å². The minimum absolute atomic E-state index is 0.0159. The van der Waals surface area contributed by atoms with Gasteiger partial charge in [0.2, 0.25) is 0 Å². The number of amides is 1. The predicted octanol–water partition coefficient (Wildman–Crippen LogP) is 5.15. The molecule has 1 saturated heterocycles. The molecule has 1 aromatic carbocycles. The molecule has 142 valence electrons. The minimum atomic E-state index is -1.21. The van der Waals surface area contributed by atoms with Crippen molar-refractivity contribution >= 4 is 27.8 Å². The third-order valence-corrected chi connectivity index (χ3v) is 6.18. The number of alkyl halides is 1. The lowest BCUT2D eigenvalue weighted by atomic mass is 9.71. The van der Waals surface area contributed by atoms with Crippen molar-refractivity contribution in [3.63, 3.8) is 0 Å². The van der Waals surface area contributed by atoms with Gasteiger partial charge in [-0.1, -0.05) is 41.9 Å². The Labute approximate surface area is 162 Å². The van der Waals surface area contributed by atoms with Gasteiger partial charge in [0.15, 0.2) is 5.78 Å². The van der Waals surface area contributed by atoms with Crippen molar-refractivity contribution in [3.8, 4) is 0 Å². The number of rotatable bonds is 4. The van der Waals surface area contributed by atoms with Gasteiger partial charge in [0.05, 0.1) is 12.6 Å². The molecular formula is C20H25BrFNO3. The van der Waals surface area contributed by atoms with Crippen molar-refractivity contribution in [2.75, 3.05) is 6.54 Å². The van der Waals surface area contributed by atoms with Gasteiger partial charge in [0.25, 0.3) is 0 Å². The van der Waals surface area contributed by atoms with E-state index in [1.165, 1.54) is 0 Å². The van der Waals surface area contributed by atoms with E-state index in [1.807, 2.05) is 13.8 Å². The van der Waals surface area contributed by atoms with Gasteiger partial charge in [-0.3, -0.25) is 9.69 Å². The number of carbonyl (C=O) groups excluding carboxylic acids is 2. The predicted molar refractivity (Wildman–Crippen MR) is 101 cm³/mol. The molecule has 4 nitrogen and oxygen atoms in total. The van der Waals surface area contributed by atoms with E-state index in [1.54, 1.807) is 36.1 Å². The van der Waals surface area contributed by atoms with Crippen LogP contribution in [0, 0.1) is 5.92 Å². The Hall–Kier alpha value is -1.43. The summed E-state index contributed by atoms with van der Waals surface area (Å²) in [7, 11) is 0. The highest BCUT2D eigenvalue weighted by Crippen LogP contribution is 2.47. The number of nitrogens with zero attached hydrogens (tertiary/aromatic N) is 1. The average molecular weight is 426 g/mol. The van der Waals surface area contributed by atoms with Crippen LogP contribution in [0.1, 0.15) is 56.8 Å². The van der Waals surface area contributed by atoms with Gasteiger partial charge in [-0.25, -0.2) is 9.18 Å². The molecule has 2 fully saturated rings. The van der Waals surface area contributed by atoms with Crippen LogP contribution in [0.4, 0.5) is 9.18 Å². The zero-order chi connectivity index (χ0) is 19.1. The average Bonchev–Trinajstić information content (AvgIpc) is 2.83. The lowest BCUT2D eigenvalue weighted by Gasteiger charge is -2.43. The van der Waals surface area contributed by atoms with Crippen molar-refractivity contribution in [1.82, 2.24) is 4.90 Å². The third-order valence-electron chi connectivity index (χ3n) is 5.65. The number of hydrogen-bond acceptors (Lipinski definition) is 3. The fourth-order valence-electron chi connectivity index (χ4n) is 4.29. The number of ether oxygens (including phenoxy) is 1. The first-order chi connectivity index (χ1) is 12.1. The highest BCUT2D eigenvalue weighted by atomic mass is 79.9. The lowest BCUT2D eigenvalue weighted by molar-refractivity contribution is -0.0477. The maximum absolute atomic E-state index is 14.3. The van der Waals surface area contributed by atoms with Crippen molar-refractivity contribution in [3.05, 3.63) is 34.3 Å². The molecule has 0 N–H and O–H groups in total. The van der Waals surface area contributed by atoms with E-state index in [-0.39, 0.29) is 24.3 Å². The molecule has 2 aliphatic rings. The summed E-state index contributed by atoms with van der Waals surface area (Å²) in [5.74, 6) is -0.00794. The summed E-state index contributed by atoms with van der Waals surface area (Å²) in [4.78, 5) is 26.8. The summed E-state index contributed by atoms with van der Waals surface area (Å²) in [6.07, 6.45) is 1.28. The topological polar surface area (TPSA) is 46.6 Å². The normalized spacial score (nSPS) is 31.5. The number of ketones is 1. The molecule has 1 heterocycles. The Morgan fingerprint density at radius 2 is 1.85 bits per heavy atom. The number of carbonyl (C=O) groups is 2. The van der Waals surface area contributed by atoms with Crippen LogP contribution in [-0.4, -0.2) is 40.6 Å². The molecule has 1 unspecified atom stereocenters. The van der Waals surface area contributed by atoms with E-state index in [4.69, 9.17) is 4.74 Å². The molecule has 1 aromatic rings. The van der Waals surface area contributed by atoms with Crippen LogP contribution in [0.5, 0.6) is 0 Å². The molecule has 26 heavy (non-hydrogen) atoms. The summed E-state index contributed by atoms with van der Waals surface area (Å²) in [6.45, 7) is 5.64. The molecule has 1 atom stereocenters. The number of Topliss-reactive ketones (excluding diaryl/α,β-unsaturated/α-hetero) is 1. The van der Waals surface area contributed by atoms with Gasteiger partial charge < -0.3 is 4.74 Å². The van der Waals surface area contributed by atoms with E-state index in [0.717, 1.165) is 4.47 Å². The zero-order valence-electron chi connectivity index (χ0n) is 15.4. The smallest absolute Gasteiger partial charge is 0.411 e. The standard InChI is InChI=1S/C20H25BrFNO3/c1-13(2)17-20(10-8-19(3,22)9-11-20)26-18(25)23(17)12-16(24)14-4-6-15(21)7-5-14/h4-7,13,17H,8-12H2,1-3H3. The van der Waals surface area contributed by atoms with E-state index in [0.29, 0.717) is 31.2 Å². The second-order valence-electron chi connectivity index (χ2n) is 8.09. The Morgan fingerprint density at radius 1 is 1.27 bits per heavy atom. The highest BCUT2D eigenvalue weighted by Gasteiger charge is 2.57. The van der Waals surface area contributed by atoms with Crippen molar-refractivity contribution in [2.45, 2.75) is 63.8 Å². The van der Waals surface area contributed by atoms with E-state index < -0.39 is 17.4 Å². The Morgan fingerprint density at radius 3 is 2.38 bits per heavy atom. The molecule has 1 saturated carbocycles. The molecule has 1 amide bonds. The van der Waals surface area contributed by atoms with Gasteiger partial charge in [0.1, 0.15) is 11.3 Å². The van der Waals surface area contributed by atoms with Crippen LogP contribution >= 0.6 is 15.9 Å². The van der Waals surface area contributed by atoms with Gasteiger partial charge in [0, 0.05) is 10.0 Å². The first-order valence-corrected chi connectivity index (χ1v) is 9.90. The molecule has 1 aliphatic carbocycles. The Kier molecular flexibility index (Phi) is 5.17. The van der Waals surface area contributed by atoms with Crippen LogP contribution in [0.25, 0.3) is 0 Å². The monoisotopic (exact) mass is 425 g/mol. The molecular weight excluding hydrogens is 401 g/mol. The summed E-state index contributed by atoms with van der Waals surface area (Å²) >= 11 is 3.35. The van der Waals surface area contributed by atoms with E-state index in [9.17, 15) is 14.0 Å². The number of benzene rings is 1. The molecule has 3 rings (SSSR count). The second kappa shape index (κ2) is 6.95. The largest absolute Gasteiger partial charge is 0.441 e.